The number of benzene rings is 1. The number of hydrogen-bond donors (Lipinski definition) is 0. The molecule has 1 fully saturated rings. The van der Waals surface area contributed by atoms with E-state index >= 15 is 0 Å². The molecule has 0 unspecified atom stereocenters. The van der Waals surface area contributed by atoms with Crippen molar-refractivity contribution in [2.24, 2.45) is 0 Å². The first-order valence-corrected chi connectivity index (χ1v) is 7.05. The van der Waals surface area contributed by atoms with Crippen LogP contribution in [0.25, 0.3) is 0 Å². The number of nitrogens with zero attached hydrogens (tertiary/aromatic N) is 1. The minimum atomic E-state index is 0.213. The summed E-state index contributed by atoms with van der Waals surface area (Å²) in [6.07, 6.45) is 5.65. The third-order valence-corrected chi connectivity index (χ3v) is 3.75. The lowest BCUT2D eigenvalue weighted by atomic mass is 10.1. The number of hydrogen-bond acceptors (Lipinski definition) is 2. The fraction of sp³-hybridized carbons (Fsp3) is 0.467. The van der Waals surface area contributed by atoms with Crippen molar-refractivity contribution in [3.63, 3.8) is 0 Å². The molecule has 0 atom stereocenters. The third-order valence-electron chi connectivity index (χ3n) is 3.32. The highest BCUT2D eigenvalue weighted by atomic mass is 32.1. The minimum Gasteiger partial charge on any atom is -0.307 e. The normalized spacial score (nSPS) is 15.1. The summed E-state index contributed by atoms with van der Waals surface area (Å²) in [7, 11) is 0. The summed E-state index contributed by atoms with van der Waals surface area (Å²) < 4.78 is 0. The van der Waals surface area contributed by atoms with E-state index in [9.17, 15) is 4.79 Å². The molecule has 0 radical (unpaired) electrons. The molecule has 1 aliphatic rings. The van der Waals surface area contributed by atoms with Gasteiger partial charge in [-0.1, -0.05) is 42.5 Å². The Morgan fingerprint density at radius 2 is 2.00 bits per heavy atom. The van der Waals surface area contributed by atoms with E-state index in [1.165, 1.54) is 5.56 Å². The van der Waals surface area contributed by atoms with Gasteiger partial charge in [-0.25, -0.2) is 0 Å². The van der Waals surface area contributed by atoms with E-state index in [0.717, 1.165) is 43.6 Å². The molecule has 96 valence electrons. The maximum absolute atomic E-state index is 11.9. The van der Waals surface area contributed by atoms with Crippen molar-refractivity contribution < 1.29 is 4.79 Å². The first-order chi connectivity index (χ1) is 8.77. The summed E-state index contributed by atoms with van der Waals surface area (Å²) in [4.78, 5) is 14.5. The molecule has 3 heteroatoms. The molecule has 0 aliphatic carbocycles. The Morgan fingerprint density at radius 1 is 1.22 bits per heavy atom. The second-order valence-electron chi connectivity index (χ2n) is 4.74. The Hall–Kier alpha value is -1.22. The van der Waals surface area contributed by atoms with Crippen molar-refractivity contribution in [1.29, 1.82) is 0 Å². The first kappa shape index (κ1) is 13.2. The topological polar surface area (TPSA) is 20.3 Å². The van der Waals surface area contributed by atoms with Gasteiger partial charge in [-0.15, -0.1) is 0 Å². The number of carbonyl (C=O) groups is 1. The lowest BCUT2D eigenvalue weighted by Gasteiger charge is -2.15. The number of carbonyl (C=O) groups excluding carboxylic acids is 1. The number of thiocarbonyl (C=S) groups is 1. The van der Waals surface area contributed by atoms with Crippen LogP contribution in [-0.2, 0) is 11.2 Å². The molecule has 1 aromatic rings. The van der Waals surface area contributed by atoms with Gasteiger partial charge in [-0.3, -0.25) is 4.79 Å². The molecule has 0 aromatic heterocycles. The predicted octanol–water partition coefficient (Wildman–Crippen LogP) is 3.35. The lowest BCUT2D eigenvalue weighted by molar-refractivity contribution is -0.127. The second-order valence-corrected chi connectivity index (χ2v) is 5.21. The average Bonchev–Trinajstić information content (AvgIpc) is 2.82. The van der Waals surface area contributed by atoms with Crippen LogP contribution in [0, 0.1) is 0 Å². The van der Waals surface area contributed by atoms with Crippen molar-refractivity contribution in [1.82, 2.24) is 4.90 Å². The van der Waals surface area contributed by atoms with Crippen LogP contribution >= 0.6 is 12.2 Å². The van der Waals surface area contributed by atoms with Crippen molar-refractivity contribution in [3.05, 3.63) is 35.9 Å². The Kier molecular flexibility index (Phi) is 4.88. The highest BCUT2D eigenvalue weighted by Gasteiger charge is 2.22. The second kappa shape index (κ2) is 6.64. The summed E-state index contributed by atoms with van der Waals surface area (Å²) in [6.45, 7) is 0.830. The van der Waals surface area contributed by atoms with E-state index in [0.29, 0.717) is 6.42 Å². The molecule has 1 aromatic carbocycles. The Labute approximate surface area is 114 Å². The van der Waals surface area contributed by atoms with E-state index in [2.05, 4.69) is 24.3 Å². The first-order valence-electron chi connectivity index (χ1n) is 6.64. The lowest BCUT2D eigenvalue weighted by Crippen LogP contribution is -2.30. The van der Waals surface area contributed by atoms with Crippen LogP contribution in [0.15, 0.2) is 30.3 Å². The summed E-state index contributed by atoms with van der Waals surface area (Å²) in [6, 6.07) is 10.4. The number of unbranched alkanes of at least 4 members (excludes halogenated alkanes) is 1. The molecule has 1 aliphatic heterocycles. The van der Waals surface area contributed by atoms with Crippen molar-refractivity contribution in [2.75, 3.05) is 6.54 Å². The van der Waals surface area contributed by atoms with Gasteiger partial charge in [0.2, 0.25) is 5.91 Å². The Morgan fingerprint density at radius 3 is 2.67 bits per heavy atom. The van der Waals surface area contributed by atoms with Crippen LogP contribution in [0.3, 0.4) is 0 Å². The van der Waals surface area contributed by atoms with Gasteiger partial charge >= 0.3 is 0 Å². The van der Waals surface area contributed by atoms with Crippen LogP contribution in [0.1, 0.15) is 37.7 Å². The number of amides is 1. The van der Waals surface area contributed by atoms with Crippen LogP contribution < -0.4 is 0 Å². The Balaban J connectivity index is 1.66. The smallest absolute Gasteiger partial charge is 0.227 e. The molecular formula is C15H19NOS. The molecule has 18 heavy (non-hydrogen) atoms. The van der Waals surface area contributed by atoms with Crippen LogP contribution in [0.2, 0.25) is 0 Å². The molecule has 0 bridgehead atoms. The van der Waals surface area contributed by atoms with Gasteiger partial charge in [0.15, 0.2) is 0 Å². The fourth-order valence-corrected chi connectivity index (χ4v) is 2.63. The summed E-state index contributed by atoms with van der Waals surface area (Å²) in [5, 5.41) is 0. The molecule has 1 heterocycles. The van der Waals surface area contributed by atoms with Crippen molar-refractivity contribution >= 4 is 23.1 Å². The molecule has 2 nitrogen and oxygen atoms in total. The maximum atomic E-state index is 11.9. The summed E-state index contributed by atoms with van der Waals surface area (Å²) in [5.74, 6) is 0.213. The Bertz CT molecular complexity index is 416. The molecule has 0 N–H and O–H groups in total. The van der Waals surface area contributed by atoms with E-state index < -0.39 is 0 Å². The van der Waals surface area contributed by atoms with Gasteiger partial charge in [0.25, 0.3) is 0 Å². The predicted molar refractivity (Wildman–Crippen MR) is 77.5 cm³/mol. The summed E-state index contributed by atoms with van der Waals surface area (Å²) >= 11 is 5.18. The molecule has 0 spiro atoms. The highest BCUT2D eigenvalue weighted by molar-refractivity contribution is 7.80. The molecular weight excluding hydrogens is 242 g/mol. The van der Waals surface area contributed by atoms with Crippen molar-refractivity contribution in [3.8, 4) is 0 Å². The van der Waals surface area contributed by atoms with Crippen LogP contribution in [0.5, 0.6) is 0 Å². The monoisotopic (exact) mass is 261 g/mol. The van der Waals surface area contributed by atoms with E-state index in [-0.39, 0.29) is 5.91 Å². The van der Waals surface area contributed by atoms with Gasteiger partial charge in [-0.2, -0.15) is 0 Å². The van der Waals surface area contributed by atoms with Crippen LogP contribution in [-0.4, -0.2) is 22.3 Å². The van der Waals surface area contributed by atoms with E-state index in [1.54, 1.807) is 4.90 Å². The highest BCUT2D eigenvalue weighted by Crippen LogP contribution is 2.14. The summed E-state index contributed by atoms with van der Waals surface area (Å²) in [5.41, 5.74) is 1.35. The van der Waals surface area contributed by atoms with Gasteiger partial charge in [0, 0.05) is 19.4 Å². The largest absolute Gasteiger partial charge is 0.307 e. The quantitative estimate of drug-likeness (QED) is 0.598. The van der Waals surface area contributed by atoms with E-state index in [4.69, 9.17) is 12.2 Å². The number of aryl methyl sites for hydroxylation is 1. The SMILES string of the molecule is O=C(CCCCc1ccccc1)N1CCCC1=S. The average molecular weight is 261 g/mol. The van der Waals surface area contributed by atoms with Gasteiger partial charge < -0.3 is 4.90 Å². The van der Waals surface area contributed by atoms with Crippen molar-refractivity contribution in [2.45, 2.75) is 38.5 Å². The van der Waals surface area contributed by atoms with Gasteiger partial charge in [0.05, 0.1) is 4.99 Å². The molecule has 1 saturated heterocycles. The number of likely N-dealkylation sites (tertiary alicyclic amines) is 1. The number of rotatable bonds is 5. The van der Waals surface area contributed by atoms with Gasteiger partial charge in [-0.05, 0) is 31.2 Å². The molecule has 1 amide bonds. The zero-order chi connectivity index (χ0) is 12.8. The maximum Gasteiger partial charge on any atom is 0.227 e. The van der Waals surface area contributed by atoms with E-state index in [1.807, 2.05) is 6.07 Å². The minimum absolute atomic E-state index is 0.213. The van der Waals surface area contributed by atoms with Crippen LogP contribution in [0.4, 0.5) is 0 Å². The van der Waals surface area contributed by atoms with Gasteiger partial charge in [0.1, 0.15) is 0 Å². The third kappa shape index (κ3) is 3.64. The molecule has 0 saturated carbocycles. The zero-order valence-electron chi connectivity index (χ0n) is 10.6. The fourth-order valence-electron chi connectivity index (χ4n) is 2.30. The standard InChI is InChI=1S/C15H19NOS/c17-14(16-12-6-11-15(16)18)10-5-4-9-13-7-2-1-3-8-13/h1-3,7-8H,4-6,9-12H2. The molecule has 2 rings (SSSR count). The zero-order valence-corrected chi connectivity index (χ0v) is 11.4.